The monoisotopic (exact) mass is 259 g/mol. The largest absolute Gasteiger partial charge is 0.396 e. The summed E-state index contributed by atoms with van der Waals surface area (Å²) >= 11 is 0. The summed E-state index contributed by atoms with van der Waals surface area (Å²) in [4.78, 5) is 6.38. The summed E-state index contributed by atoms with van der Waals surface area (Å²) in [6.45, 7) is 0.533. The van der Waals surface area contributed by atoms with Crippen LogP contribution in [0, 0.1) is 0 Å². The van der Waals surface area contributed by atoms with Crippen molar-refractivity contribution >= 4 is 10.0 Å². The van der Waals surface area contributed by atoms with Gasteiger partial charge in [-0.05, 0) is 19.3 Å². The molecule has 2 N–H and O–H groups in total. The Morgan fingerprint density at radius 3 is 3.00 bits per heavy atom. The van der Waals surface area contributed by atoms with E-state index in [2.05, 4.69) is 9.97 Å². The van der Waals surface area contributed by atoms with Crippen LogP contribution in [0.25, 0.3) is 0 Å². The Bertz CT molecular complexity index is 441. The summed E-state index contributed by atoms with van der Waals surface area (Å²) in [7, 11) is -3.49. The third-order valence-electron chi connectivity index (χ3n) is 3.10. The number of aliphatic hydroxyl groups excluding tert-OH is 1. The van der Waals surface area contributed by atoms with E-state index in [1.54, 1.807) is 0 Å². The van der Waals surface area contributed by atoms with Gasteiger partial charge < -0.3 is 10.1 Å². The van der Waals surface area contributed by atoms with E-state index in [1.807, 2.05) is 0 Å². The van der Waals surface area contributed by atoms with Crippen LogP contribution in [0.3, 0.4) is 0 Å². The smallest absolute Gasteiger partial charge is 0.260 e. The molecule has 1 unspecified atom stereocenters. The van der Waals surface area contributed by atoms with Crippen LogP contribution in [0.1, 0.15) is 25.7 Å². The van der Waals surface area contributed by atoms with E-state index in [-0.39, 0.29) is 17.7 Å². The number of hydrogen-bond donors (Lipinski definition) is 2. The number of H-pyrrole nitrogens is 1. The Kier molecular flexibility index (Phi) is 3.80. The van der Waals surface area contributed by atoms with Crippen LogP contribution < -0.4 is 0 Å². The van der Waals surface area contributed by atoms with E-state index in [9.17, 15) is 8.42 Å². The number of rotatable bonds is 4. The lowest BCUT2D eigenvalue weighted by Gasteiger charge is -2.33. The molecule has 0 saturated carbocycles. The second-order valence-corrected chi connectivity index (χ2v) is 6.05. The normalized spacial score (nSPS) is 22.8. The number of nitrogens with one attached hydrogen (secondary N) is 1. The van der Waals surface area contributed by atoms with Crippen LogP contribution in [0.2, 0.25) is 0 Å². The van der Waals surface area contributed by atoms with Crippen molar-refractivity contribution in [2.75, 3.05) is 13.2 Å². The van der Waals surface area contributed by atoms with Crippen LogP contribution in [0.5, 0.6) is 0 Å². The summed E-state index contributed by atoms with van der Waals surface area (Å²) in [5.41, 5.74) is 0. The molecule has 6 nitrogen and oxygen atoms in total. The van der Waals surface area contributed by atoms with Crippen molar-refractivity contribution in [2.45, 2.75) is 36.8 Å². The summed E-state index contributed by atoms with van der Waals surface area (Å²) in [5.74, 6) is 0. The highest BCUT2D eigenvalue weighted by atomic mass is 32.2. The highest BCUT2D eigenvalue weighted by Crippen LogP contribution is 2.25. The SMILES string of the molecule is O=S(=O)(c1cnc[nH]1)N1CCCCC1CCO. The number of aromatic amines is 1. The predicted octanol–water partition coefficient (Wildman–Crippen LogP) is 0.335. The van der Waals surface area contributed by atoms with Crippen molar-refractivity contribution in [3.8, 4) is 0 Å². The molecule has 0 spiro atoms. The average Bonchev–Trinajstić information content (AvgIpc) is 2.84. The molecule has 1 aliphatic heterocycles. The van der Waals surface area contributed by atoms with Crippen molar-refractivity contribution in [2.24, 2.45) is 0 Å². The van der Waals surface area contributed by atoms with E-state index in [0.717, 1.165) is 19.3 Å². The topological polar surface area (TPSA) is 86.3 Å². The number of nitrogens with zero attached hydrogens (tertiary/aromatic N) is 2. The third kappa shape index (κ3) is 2.51. The van der Waals surface area contributed by atoms with Gasteiger partial charge in [0.15, 0.2) is 5.03 Å². The molecule has 1 atom stereocenters. The number of imidazole rings is 1. The Balaban J connectivity index is 2.24. The zero-order valence-corrected chi connectivity index (χ0v) is 10.4. The zero-order chi connectivity index (χ0) is 12.3. The van der Waals surface area contributed by atoms with Gasteiger partial charge in [-0.3, -0.25) is 0 Å². The minimum Gasteiger partial charge on any atom is -0.396 e. The molecule has 96 valence electrons. The molecular formula is C10H17N3O3S. The van der Waals surface area contributed by atoms with Gasteiger partial charge in [-0.1, -0.05) is 6.42 Å². The minimum atomic E-state index is -3.49. The maximum atomic E-state index is 12.3. The van der Waals surface area contributed by atoms with Gasteiger partial charge >= 0.3 is 0 Å². The fourth-order valence-corrected chi connectivity index (χ4v) is 3.86. The molecule has 2 heterocycles. The number of piperidine rings is 1. The molecule has 0 amide bonds. The van der Waals surface area contributed by atoms with Crippen LogP contribution in [-0.2, 0) is 10.0 Å². The molecule has 0 aliphatic carbocycles. The van der Waals surface area contributed by atoms with Gasteiger partial charge in [-0.2, -0.15) is 4.31 Å². The molecule has 1 aromatic heterocycles. The zero-order valence-electron chi connectivity index (χ0n) is 9.54. The molecule has 7 heteroatoms. The summed E-state index contributed by atoms with van der Waals surface area (Å²) in [6, 6.07) is -0.0953. The van der Waals surface area contributed by atoms with Crippen LogP contribution >= 0.6 is 0 Å². The third-order valence-corrected chi connectivity index (χ3v) is 4.97. The van der Waals surface area contributed by atoms with Gasteiger partial charge in [-0.15, -0.1) is 0 Å². The van der Waals surface area contributed by atoms with Gasteiger partial charge in [0.25, 0.3) is 10.0 Å². The minimum absolute atomic E-state index is 0.0136. The van der Waals surface area contributed by atoms with Gasteiger partial charge in [0.2, 0.25) is 0 Å². The highest BCUT2D eigenvalue weighted by molar-refractivity contribution is 7.89. The molecule has 17 heavy (non-hydrogen) atoms. The van der Waals surface area contributed by atoms with E-state index >= 15 is 0 Å². The van der Waals surface area contributed by atoms with E-state index < -0.39 is 10.0 Å². The Morgan fingerprint density at radius 2 is 2.35 bits per heavy atom. The lowest BCUT2D eigenvalue weighted by Crippen LogP contribution is -2.44. The molecule has 0 bridgehead atoms. The average molecular weight is 259 g/mol. The van der Waals surface area contributed by atoms with Crippen LogP contribution in [0.4, 0.5) is 0 Å². The Hall–Kier alpha value is -0.920. The quantitative estimate of drug-likeness (QED) is 0.816. The maximum absolute atomic E-state index is 12.3. The molecular weight excluding hydrogens is 242 g/mol. The predicted molar refractivity (Wildman–Crippen MR) is 61.8 cm³/mol. The van der Waals surface area contributed by atoms with Crippen molar-refractivity contribution in [1.82, 2.24) is 14.3 Å². The summed E-state index contributed by atoms with van der Waals surface area (Å²) in [6.07, 6.45) is 5.87. The molecule has 1 saturated heterocycles. The van der Waals surface area contributed by atoms with E-state index in [4.69, 9.17) is 5.11 Å². The molecule has 0 radical (unpaired) electrons. The standard InChI is InChI=1S/C10H17N3O3S/c14-6-4-9-3-1-2-5-13(9)17(15,16)10-7-11-8-12-10/h7-9,14H,1-6H2,(H,11,12). The van der Waals surface area contributed by atoms with Crippen molar-refractivity contribution in [1.29, 1.82) is 0 Å². The maximum Gasteiger partial charge on any atom is 0.260 e. The number of hydrogen-bond acceptors (Lipinski definition) is 4. The van der Waals surface area contributed by atoms with Crippen molar-refractivity contribution in [3.05, 3.63) is 12.5 Å². The lowest BCUT2D eigenvalue weighted by atomic mass is 10.0. The lowest BCUT2D eigenvalue weighted by molar-refractivity contribution is 0.192. The van der Waals surface area contributed by atoms with Crippen LogP contribution in [0.15, 0.2) is 17.6 Å². The molecule has 1 fully saturated rings. The first-order valence-corrected chi connectivity index (χ1v) is 7.21. The molecule has 0 aromatic carbocycles. The molecule has 2 rings (SSSR count). The Morgan fingerprint density at radius 1 is 1.53 bits per heavy atom. The summed E-state index contributed by atoms with van der Waals surface area (Å²) in [5, 5.41) is 9.12. The first-order valence-electron chi connectivity index (χ1n) is 5.77. The van der Waals surface area contributed by atoms with Crippen molar-refractivity contribution < 1.29 is 13.5 Å². The van der Waals surface area contributed by atoms with Crippen LogP contribution in [-0.4, -0.2) is 47.0 Å². The van der Waals surface area contributed by atoms with Crippen molar-refractivity contribution in [3.63, 3.8) is 0 Å². The number of aliphatic hydroxyl groups is 1. The first-order chi connectivity index (χ1) is 8.16. The van der Waals surface area contributed by atoms with Gasteiger partial charge in [0.05, 0.1) is 12.5 Å². The van der Waals surface area contributed by atoms with E-state index in [1.165, 1.54) is 16.8 Å². The molecule has 1 aliphatic rings. The first kappa shape index (κ1) is 12.5. The summed E-state index contributed by atoms with van der Waals surface area (Å²) < 4.78 is 26.1. The van der Waals surface area contributed by atoms with Gasteiger partial charge in [0, 0.05) is 19.2 Å². The Labute approximate surface area is 101 Å². The van der Waals surface area contributed by atoms with E-state index in [0.29, 0.717) is 13.0 Å². The fourth-order valence-electron chi connectivity index (χ4n) is 2.24. The molecule has 1 aromatic rings. The second kappa shape index (κ2) is 5.16. The fraction of sp³-hybridized carbons (Fsp3) is 0.700. The number of sulfonamides is 1. The van der Waals surface area contributed by atoms with Gasteiger partial charge in [0.1, 0.15) is 0 Å². The second-order valence-electron chi connectivity index (χ2n) is 4.19. The highest BCUT2D eigenvalue weighted by Gasteiger charge is 2.33. The van der Waals surface area contributed by atoms with Gasteiger partial charge in [-0.25, -0.2) is 13.4 Å². The number of aromatic nitrogens is 2.